The van der Waals surface area contributed by atoms with E-state index in [1.54, 1.807) is 11.3 Å². The van der Waals surface area contributed by atoms with Crippen molar-refractivity contribution in [2.24, 2.45) is 5.73 Å². The molecule has 0 radical (unpaired) electrons. The molecule has 0 fully saturated rings. The summed E-state index contributed by atoms with van der Waals surface area (Å²) in [6, 6.07) is 14.6. The highest BCUT2D eigenvalue weighted by molar-refractivity contribution is 7.13. The Kier molecular flexibility index (Phi) is 5.28. The first-order valence-electron chi connectivity index (χ1n) is 8.26. The molecule has 0 saturated heterocycles. The summed E-state index contributed by atoms with van der Waals surface area (Å²) in [5, 5.41) is 3.11. The average Bonchev–Trinajstić information content (AvgIpc) is 3.12. The largest absolute Gasteiger partial charge is 0.493 e. The van der Waals surface area contributed by atoms with E-state index in [2.05, 4.69) is 48.7 Å². The monoisotopic (exact) mass is 338 g/mol. The molecule has 0 bridgehead atoms. The third-order valence-electron chi connectivity index (χ3n) is 3.97. The van der Waals surface area contributed by atoms with Crippen molar-refractivity contribution >= 4 is 11.3 Å². The highest BCUT2D eigenvalue weighted by Crippen LogP contribution is 2.35. The molecule has 4 heteroatoms. The molecule has 2 N–H and O–H groups in total. The molecule has 3 nitrogen and oxygen atoms in total. The highest BCUT2D eigenvalue weighted by Gasteiger charge is 2.12. The minimum atomic E-state index is 0.560. The fourth-order valence-corrected chi connectivity index (χ4v) is 3.42. The number of hydrogen-bond donors (Lipinski definition) is 1. The fraction of sp³-hybridized carbons (Fsp3) is 0.250. The van der Waals surface area contributed by atoms with Gasteiger partial charge in [-0.1, -0.05) is 37.3 Å². The summed E-state index contributed by atoms with van der Waals surface area (Å²) in [4.78, 5) is 4.83. The second-order valence-electron chi connectivity index (χ2n) is 5.56. The van der Waals surface area contributed by atoms with Crippen LogP contribution in [0.5, 0.6) is 5.75 Å². The van der Waals surface area contributed by atoms with Crippen LogP contribution < -0.4 is 10.5 Å². The standard InChI is InChI=1S/C20H22N2OS/c1-3-14-7-10-19(23-4-2)17(11-14)18-13-24-20(22-18)16-8-5-15(12-21)6-9-16/h5-11,13H,3-4,12,21H2,1-2H3. The van der Waals surface area contributed by atoms with Gasteiger partial charge in [0.2, 0.25) is 0 Å². The summed E-state index contributed by atoms with van der Waals surface area (Å²) < 4.78 is 5.79. The van der Waals surface area contributed by atoms with Crippen molar-refractivity contribution in [2.45, 2.75) is 26.8 Å². The first-order valence-corrected chi connectivity index (χ1v) is 9.14. The number of ether oxygens (including phenoxy) is 1. The zero-order valence-electron chi connectivity index (χ0n) is 14.1. The Morgan fingerprint density at radius 1 is 1.04 bits per heavy atom. The summed E-state index contributed by atoms with van der Waals surface area (Å²) in [7, 11) is 0. The molecule has 0 atom stereocenters. The lowest BCUT2D eigenvalue weighted by Crippen LogP contribution is -1.96. The molecule has 1 aromatic heterocycles. The third kappa shape index (κ3) is 3.50. The van der Waals surface area contributed by atoms with Crippen LogP contribution >= 0.6 is 11.3 Å². The maximum atomic E-state index is 5.79. The highest BCUT2D eigenvalue weighted by atomic mass is 32.1. The minimum absolute atomic E-state index is 0.560. The van der Waals surface area contributed by atoms with E-state index in [1.165, 1.54) is 5.56 Å². The normalized spacial score (nSPS) is 10.8. The van der Waals surface area contributed by atoms with E-state index in [-0.39, 0.29) is 0 Å². The molecule has 0 aliphatic rings. The lowest BCUT2D eigenvalue weighted by atomic mass is 10.1. The molecule has 2 aromatic carbocycles. The van der Waals surface area contributed by atoms with Crippen LogP contribution in [0.3, 0.4) is 0 Å². The van der Waals surface area contributed by atoms with Crippen LogP contribution in [0.15, 0.2) is 47.8 Å². The van der Waals surface area contributed by atoms with E-state index in [1.807, 2.05) is 13.0 Å². The molecule has 24 heavy (non-hydrogen) atoms. The van der Waals surface area contributed by atoms with Crippen molar-refractivity contribution in [1.82, 2.24) is 4.98 Å². The SMILES string of the molecule is CCOc1ccc(CC)cc1-c1csc(-c2ccc(CN)cc2)n1. The van der Waals surface area contributed by atoms with Crippen LogP contribution in [0.25, 0.3) is 21.8 Å². The maximum Gasteiger partial charge on any atom is 0.128 e. The van der Waals surface area contributed by atoms with E-state index < -0.39 is 0 Å². The van der Waals surface area contributed by atoms with Gasteiger partial charge in [-0.3, -0.25) is 0 Å². The smallest absolute Gasteiger partial charge is 0.128 e. The minimum Gasteiger partial charge on any atom is -0.493 e. The van der Waals surface area contributed by atoms with Gasteiger partial charge in [0.25, 0.3) is 0 Å². The van der Waals surface area contributed by atoms with E-state index in [0.717, 1.165) is 39.6 Å². The number of nitrogens with zero attached hydrogens (tertiary/aromatic N) is 1. The van der Waals surface area contributed by atoms with Crippen molar-refractivity contribution in [2.75, 3.05) is 6.61 Å². The number of rotatable bonds is 6. The lowest BCUT2D eigenvalue weighted by Gasteiger charge is -2.10. The van der Waals surface area contributed by atoms with E-state index in [9.17, 15) is 0 Å². The van der Waals surface area contributed by atoms with Crippen molar-refractivity contribution in [3.05, 3.63) is 59.0 Å². The van der Waals surface area contributed by atoms with Crippen molar-refractivity contribution in [3.63, 3.8) is 0 Å². The Balaban J connectivity index is 1.97. The fourth-order valence-electron chi connectivity index (χ4n) is 2.59. The zero-order valence-corrected chi connectivity index (χ0v) is 14.9. The molecule has 0 unspecified atom stereocenters. The van der Waals surface area contributed by atoms with Gasteiger partial charge in [0.05, 0.1) is 12.3 Å². The third-order valence-corrected chi connectivity index (χ3v) is 4.86. The molecule has 0 aliphatic carbocycles. The Bertz CT molecular complexity index is 809. The quantitative estimate of drug-likeness (QED) is 0.695. The van der Waals surface area contributed by atoms with Gasteiger partial charge in [-0.2, -0.15) is 0 Å². The average molecular weight is 338 g/mol. The Hall–Kier alpha value is -2.17. The van der Waals surface area contributed by atoms with Gasteiger partial charge in [-0.15, -0.1) is 11.3 Å². The van der Waals surface area contributed by atoms with Gasteiger partial charge >= 0.3 is 0 Å². The van der Waals surface area contributed by atoms with Crippen LogP contribution in [-0.2, 0) is 13.0 Å². The van der Waals surface area contributed by atoms with Crippen LogP contribution in [0.4, 0.5) is 0 Å². The van der Waals surface area contributed by atoms with Gasteiger partial charge in [-0.25, -0.2) is 4.98 Å². The Morgan fingerprint density at radius 2 is 1.79 bits per heavy atom. The first kappa shape index (κ1) is 16.7. The number of thiazole rings is 1. The number of benzene rings is 2. The van der Waals surface area contributed by atoms with Crippen LogP contribution in [-0.4, -0.2) is 11.6 Å². The Morgan fingerprint density at radius 3 is 2.46 bits per heavy atom. The molecule has 3 rings (SSSR count). The summed E-state index contributed by atoms with van der Waals surface area (Å²) in [6.45, 7) is 5.37. The summed E-state index contributed by atoms with van der Waals surface area (Å²) in [5.74, 6) is 0.894. The second-order valence-corrected chi connectivity index (χ2v) is 6.41. The Labute approximate surface area is 147 Å². The lowest BCUT2D eigenvalue weighted by molar-refractivity contribution is 0.341. The summed E-state index contributed by atoms with van der Waals surface area (Å²) in [6.07, 6.45) is 0.997. The number of aryl methyl sites for hydroxylation is 1. The molecule has 0 aliphatic heterocycles. The number of nitrogens with two attached hydrogens (primary N) is 1. The first-order chi connectivity index (χ1) is 11.7. The van der Waals surface area contributed by atoms with Crippen LogP contribution in [0.1, 0.15) is 25.0 Å². The van der Waals surface area contributed by atoms with Crippen LogP contribution in [0, 0.1) is 0 Å². The molecule has 3 aromatic rings. The molecule has 0 spiro atoms. The molecular formula is C20H22N2OS. The molecule has 124 valence electrons. The van der Waals surface area contributed by atoms with Crippen molar-refractivity contribution in [3.8, 4) is 27.6 Å². The maximum absolute atomic E-state index is 5.79. The van der Waals surface area contributed by atoms with Crippen LogP contribution in [0.2, 0.25) is 0 Å². The van der Waals surface area contributed by atoms with Crippen molar-refractivity contribution < 1.29 is 4.74 Å². The van der Waals surface area contributed by atoms with E-state index in [4.69, 9.17) is 15.5 Å². The predicted molar refractivity (Wildman–Crippen MR) is 101 cm³/mol. The molecule has 0 saturated carbocycles. The van der Waals surface area contributed by atoms with Gasteiger partial charge in [-0.05, 0) is 36.6 Å². The zero-order chi connectivity index (χ0) is 16.9. The van der Waals surface area contributed by atoms with Gasteiger partial charge in [0.1, 0.15) is 10.8 Å². The molecular weight excluding hydrogens is 316 g/mol. The molecule has 1 heterocycles. The summed E-state index contributed by atoms with van der Waals surface area (Å²) >= 11 is 1.65. The van der Waals surface area contributed by atoms with Gasteiger partial charge in [0, 0.05) is 23.1 Å². The van der Waals surface area contributed by atoms with Gasteiger partial charge < -0.3 is 10.5 Å². The second kappa shape index (κ2) is 7.60. The van der Waals surface area contributed by atoms with E-state index in [0.29, 0.717) is 13.2 Å². The van der Waals surface area contributed by atoms with Gasteiger partial charge in [0.15, 0.2) is 0 Å². The number of aromatic nitrogens is 1. The summed E-state index contributed by atoms with van der Waals surface area (Å²) in [5.41, 5.74) is 11.2. The van der Waals surface area contributed by atoms with Crippen molar-refractivity contribution in [1.29, 1.82) is 0 Å². The molecule has 0 amide bonds. The number of hydrogen-bond acceptors (Lipinski definition) is 4. The van der Waals surface area contributed by atoms with E-state index >= 15 is 0 Å². The topological polar surface area (TPSA) is 48.1 Å². The predicted octanol–water partition coefficient (Wildman–Crippen LogP) is 4.90.